The number of alkyl halides is 5. The average Bonchev–Trinajstić information content (AvgIpc) is 2.26. The van der Waals surface area contributed by atoms with E-state index in [4.69, 9.17) is 5.73 Å². The molecule has 1 aliphatic rings. The van der Waals surface area contributed by atoms with Crippen LogP contribution in [0.3, 0.4) is 0 Å². The number of nitrogens with two attached hydrogens (primary N) is 1. The van der Waals surface area contributed by atoms with Gasteiger partial charge in [0, 0.05) is 31.8 Å². The Kier molecular flexibility index (Phi) is 5.11. The highest BCUT2D eigenvalue weighted by Gasteiger charge is 2.40. The minimum Gasteiger partial charge on any atom is -0.332 e. The Morgan fingerprint density at radius 2 is 1.79 bits per heavy atom. The van der Waals surface area contributed by atoms with Crippen LogP contribution in [0.1, 0.15) is 25.7 Å². The third-order valence-corrected chi connectivity index (χ3v) is 3.15. The van der Waals surface area contributed by atoms with Gasteiger partial charge in [0.1, 0.15) is 6.54 Å². The summed E-state index contributed by atoms with van der Waals surface area (Å²) in [6, 6.07) is 0. The molecule has 19 heavy (non-hydrogen) atoms. The van der Waals surface area contributed by atoms with Gasteiger partial charge in [0.15, 0.2) is 0 Å². The highest BCUT2D eigenvalue weighted by atomic mass is 19.4. The van der Waals surface area contributed by atoms with E-state index in [0.717, 1.165) is 0 Å². The number of rotatable bonds is 4. The van der Waals surface area contributed by atoms with Gasteiger partial charge in [0.05, 0.1) is 0 Å². The SMILES string of the molecule is NCCN(CC(F)(F)F)C(=O)C1CCC(F)(F)CC1. The van der Waals surface area contributed by atoms with Crippen molar-refractivity contribution in [3.8, 4) is 0 Å². The van der Waals surface area contributed by atoms with Crippen LogP contribution in [0.2, 0.25) is 0 Å². The molecule has 0 aromatic carbocycles. The molecule has 112 valence electrons. The van der Waals surface area contributed by atoms with E-state index in [1.165, 1.54) is 0 Å². The summed E-state index contributed by atoms with van der Waals surface area (Å²) < 4.78 is 62.8. The third kappa shape index (κ3) is 5.30. The standard InChI is InChI=1S/C11H17F5N2O/c12-10(13)3-1-8(2-4-10)9(19)18(6-5-17)7-11(14,15)16/h8H,1-7,17H2. The van der Waals surface area contributed by atoms with Gasteiger partial charge in [-0.3, -0.25) is 4.79 Å². The number of carbonyl (C=O) groups is 1. The Balaban J connectivity index is 2.62. The van der Waals surface area contributed by atoms with Crippen LogP contribution in [-0.2, 0) is 4.79 Å². The van der Waals surface area contributed by atoms with E-state index in [-0.39, 0.29) is 25.9 Å². The lowest BCUT2D eigenvalue weighted by Gasteiger charge is -2.32. The normalized spacial score (nSPS) is 20.3. The van der Waals surface area contributed by atoms with Gasteiger partial charge in [-0.1, -0.05) is 0 Å². The van der Waals surface area contributed by atoms with E-state index < -0.39 is 43.3 Å². The first-order valence-corrected chi connectivity index (χ1v) is 6.08. The van der Waals surface area contributed by atoms with Crippen LogP contribution in [0.4, 0.5) is 22.0 Å². The van der Waals surface area contributed by atoms with Crippen LogP contribution in [0.25, 0.3) is 0 Å². The molecule has 8 heteroatoms. The Bertz CT molecular complexity index is 309. The van der Waals surface area contributed by atoms with Gasteiger partial charge in [-0.15, -0.1) is 0 Å². The largest absolute Gasteiger partial charge is 0.406 e. The van der Waals surface area contributed by atoms with E-state index in [1.54, 1.807) is 0 Å². The minimum atomic E-state index is -4.51. The Morgan fingerprint density at radius 3 is 2.21 bits per heavy atom. The van der Waals surface area contributed by atoms with Crippen molar-refractivity contribution in [3.05, 3.63) is 0 Å². The first kappa shape index (κ1) is 16.1. The van der Waals surface area contributed by atoms with Crippen molar-refractivity contribution in [1.82, 2.24) is 4.90 Å². The summed E-state index contributed by atoms with van der Waals surface area (Å²) in [4.78, 5) is 12.5. The predicted molar refractivity (Wildman–Crippen MR) is 58.6 cm³/mol. The van der Waals surface area contributed by atoms with Gasteiger partial charge < -0.3 is 10.6 Å². The third-order valence-electron chi connectivity index (χ3n) is 3.15. The van der Waals surface area contributed by atoms with Crippen molar-refractivity contribution in [3.63, 3.8) is 0 Å². The molecule has 0 aliphatic heterocycles. The van der Waals surface area contributed by atoms with Gasteiger partial charge >= 0.3 is 6.18 Å². The number of halogens is 5. The van der Waals surface area contributed by atoms with Gasteiger partial charge in [0.25, 0.3) is 0 Å². The second-order valence-electron chi connectivity index (χ2n) is 4.79. The molecule has 1 fully saturated rings. The topological polar surface area (TPSA) is 46.3 Å². The molecule has 0 unspecified atom stereocenters. The van der Waals surface area contributed by atoms with Crippen LogP contribution in [0.15, 0.2) is 0 Å². The lowest BCUT2D eigenvalue weighted by atomic mass is 9.86. The first-order chi connectivity index (χ1) is 8.64. The van der Waals surface area contributed by atoms with Crippen molar-refractivity contribution in [2.45, 2.75) is 37.8 Å². The zero-order valence-corrected chi connectivity index (χ0v) is 10.3. The number of amides is 1. The molecule has 0 spiro atoms. The molecular formula is C11H17F5N2O. The molecule has 0 saturated heterocycles. The molecule has 0 aromatic heterocycles. The quantitative estimate of drug-likeness (QED) is 0.806. The number of hydrogen-bond donors (Lipinski definition) is 1. The number of nitrogens with zero attached hydrogens (tertiary/aromatic N) is 1. The molecule has 0 bridgehead atoms. The van der Waals surface area contributed by atoms with Crippen molar-refractivity contribution in [2.24, 2.45) is 11.7 Å². The van der Waals surface area contributed by atoms with Crippen molar-refractivity contribution < 1.29 is 26.7 Å². The fourth-order valence-corrected chi connectivity index (χ4v) is 2.18. The van der Waals surface area contributed by atoms with Crippen LogP contribution in [-0.4, -0.2) is 42.5 Å². The maximum atomic E-state index is 12.9. The lowest BCUT2D eigenvalue weighted by Crippen LogP contribution is -2.45. The van der Waals surface area contributed by atoms with Gasteiger partial charge in [-0.05, 0) is 12.8 Å². The van der Waals surface area contributed by atoms with Crippen LogP contribution in [0.5, 0.6) is 0 Å². The molecule has 1 rings (SSSR count). The molecule has 0 aromatic rings. The molecule has 0 heterocycles. The van der Waals surface area contributed by atoms with Crippen LogP contribution < -0.4 is 5.73 Å². The molecule has 1 saturated carbocycles. The fourth-order valence-electron chi connectivity index (χ4n) is 2.18. The molecule has 2 N–H and O–H groups in total. The summed E-state index contributed by atoms with van der Waals surface area (Å²) >= 11 is 0. The van der Waals surface area contributed by atoms with E-state index >= 15 is 0 Å². The molecular weight excluding hydrogens is 271 g/mol. The monoisotopic (exact) mass is 288 g/mol. The van der Waals surface area contributed by atoms with Crippen molar-refractivity contribution in [1.29, 1.82) is 0 Å². The Hall–Kier alpha value is -0.920. The smallest absolute Gasteiger partial charge is 0.332 e. The predicted octanol–water partition coefficient (Wildman–Crippen LogP) is 2.16. The molecule has 0 radical (unpaired) electrons. The summed E-state index contributed by atoms with van der Waals surface area (Å²) in [6.07, 6.45) is -5.57. The zero-order chi connectivity index (χ0) is 14.7. The summed E-state index contributed by atoms with van der Waals surface area (Å²) in [5, 5.41) is 0. The molecule has 3 nitrogen and oxygen atoms in total. The first-order valence-electron chi connectivity index (χ1n) is 6.08. The van der Waals surface area contributed by atoms with Gasteiger partial charge in [-0.25, -0.2) is 8.78 Å². The highest BCUT2D eigenvalue weighted by Crippen LogP contribution is 2.37. The van der Waals surface area contributed by atoms with E-state index in [2.05, 4.69) is 0 Å². The minimum absolute atomic E-state index is 0.0786. The summed E-state index contributed by atoms with van der Waals surface area (Å²) in [5.74, 6) is -4.29. The number of hydrogen-bond acceptors (Lipinski definition) is 2. The Morgan fingerprint density at radius 1 is 1.26 bits per heavy atom. The molecule has 0 atom stereocenters. The lowest BCUT2D eigenvalue weighted by molar-refractivity contribution is -0.165. The summed E-state index contributed by atoms with van der Waals surface area (Å²) in [5.41, 5.74) is 5.18. The van der Waals surface area contributed by atoms with Crippen LogP contribution >= 0.6 is 0 Å². The molecule has 1 amide bonds. The van der Waals surface area contributed by atoms with Crippen molar-refractivity contribution in [2.75, 3.05) is 19.6 Å². The molecule has 1 aliphatic carbocycles. The average molecular weight is 288 g/mol. The van der Waals surface area contributed by atoms with Crippen LogP contribution in [0, 0.1) is 5.92 Å². The second-order valence-corrected chi connectivity index (χ2v) is 4.79. The Labute approximate surface area is 107 Å². The van der Waals surface area contributed by atoms with Gasteiger partial charge in [0.2, 0.25) is 11.8 Å². The van der Waals surface area contributed by atoms with E-state index in [9.17, 15) is 26.7 Å². The zero-order valence-electron chi connectivity index (χ0n) is 10.3. The summed E-state index contributed by atoms with van der Waals surface area (Å²) in [7, 11) is 0. The second kappa shape index (κ2) is 6.02. The van der Waals surface area contributed by atoms with E-state index in [0.29, 0.717) is 4.90 Å². The van der Waals surface area contributed by atoms with Crippen molar-refractivity contribution >= 4 is 5.91 Å². The van der Waals surface area contributed by atoms with Gasteiger partial charge in [-0.2, -0.15) is 13.2 Å². The number of carbonyl (C=O) groups excluding carboxylic acids is 1. The highest BCUT2D eigenvalue weighted by molar-refractivity contribution is 5.79. The fraction of sp³-hybridized carbons (Fsp3) is 0.909. The summed E-state index contributed by atoms with van der Waals surface area (Å²) in [6.45, 7) is -1.69. The maximum absolute atomic E-state index is 12.9. The van der Waals surface area contributed by atoms with E-state index in [1.807, 2.05) is 0 Å². The maximum Gasteiger partial charge on any atom is 0.406 e.